The molecule has 2 aromatic heterocycles. The van der Waals surface area contributed by atoms with E-state index in [1.54, 1.807) is 24.3 Å². The fourth-order valence-corrected chi connectivity index (χ4v) is 11.2. The molecular formula is C61H42BN5OPt. The molecule has 0 spiro atoms. The average Bonchev–Trinajstić information content (AvgIpc) is 4.09. The number of nitrogens with zero attached hydrogens (tertiary/aromatic N) is 5. The summed E-state index contributed by atoms with van der Waals surface area (Å²) in [6, 6.07) is 71.2. The van der Waals surface area contributed by atoms with Crippen LogP contribution < -0.4 is 19.8 Å². The molecule has 2 aliphatic heterocycles. The van der Waals surface area contributed by atoms with E-state index in [-0.39, 0.29) is 42.3 Å². The summed E-state index contributed by atoms with van der Waals surface area (Å²) in [5.74, 6) is 0.908. The van der Waals surface area contributed by atoms with Crippen LogP contribution in [-0.2, 0) is 19.4 Å². The molecule has 8 heteroatoms. The van der Waals surface area contributed by atoms with Gasteiger partial charge in [0.05, 0.1) is 0 Å². The van der Waals surface area contributed by atoms with Gasteiger partial charge in [-0.3, -0.25) is 0 Å². The molecule has 11 aromatic rings. The predicted octanol–water partition coefficient (Wildman–Crippen LogP) is 14.7. The molecule has 4 heterocycles. The number of para-hydroxylation sites is 5. The summed E-state index contributed by atoms with van der Waals surface area (Å²) in [4.78, 5) is 9.72. The molecule has 0 unspecified atom stereocenters. The first kappa shape index (κ1) is 35.0. The zero-order valence-corrected chi connectivity index (χ0v) is 39.1. The van der Waals surface area contributed by atoms with Crippen molar-refractivity contribution in [1.29, 1.82) is 0 Å². The van der Waals surface area contributed by atoms with Crippen LogP contribution in [0.2, 0.25) is 0 Å². The van der Waals surface area contributed by atoms with Gasteiger partial charge in [0.15, 0.2) is 0 Å². The number of benzene rings is 9. The van der Waals surface area contributed by atoms with Crippen LogP contribution in [0.1, 0.15) is 13.8 Å². The molecule has 13 rings (SSSR count). The molecule has 0 saturated heterocycles. The molecule has 0 fully saturated rings. The molecule has 0 aliphatic carbocycles. The zero-order chi connectivity index (χ0) is 51.1. The summed E-state index contributed by atoms with van der Waals surface area (Å²) in [6.07, 6.45) is 0. The summed E-state index contributed by atoms with van der Waals surface area (Å²) in [5.41, 5.74) is 14.3. The Bertz CT molecular complexity index is 4150. The number of fused-ring (bicyclic) bond motifs is 9. The van der Waals surface area contributed by atoms with E-state index in [2.05, 4.69) is 125 Å². The van der Waals surface area contributed by atoms with Crippen LogP contribution in [0.4, 0.5) is 22.9 Å². The summed E-state index contributed by atoms with van der Waals surface area (Å²) in [6.45, 7) is -2.69. The summed E-state index contributed by atoms with van der Waals surface area (Å²) in [5, 5.41) is 0. The molecule has 6 nitrogen and oxygen atoms in total. The number of anilines is 4. The molecule has 330 valence electrons. The normalized spacial score (nSPS) is 13.9. The van der Waals surface area contributed by atoms with Crippen molar-refractivity contribution in [2.45, 2.75) is 6.85 Å². The predicted molar refractivity (Wildman–Crippen MR) is 279 cm³/mol. The van der Waals surface area contributed by atoms with Crippen LogP contribution in [-0.4, -0.2) is 21.1 Å². The third kappa shape index (κ3) is 6.92. The standard InChI is InChI=1S/C61H42BN5O.Pt/c1-42-37-51(44-21-6-3-7-22-44)61(52(38-42)46-24-16-23-45(39-46)43-19-4-2-5-20-43)65-41-64(55-31-12-13-32-56(55)65)47-25-17-26-48(40-47)68-60-36-18-35-59(63-60)67-58-34-15-14-33-57(58)66-54-30-11-9-28-50(54)49-27-8-10-29-53(49)62(66)67;/h2-40H,1H3;/i1D3,17D,25D,26D;. The van der Waals surface area contributed by atoms with Crippen molar-refractivity contribution in [1.82, 2.24) is 14.1 Å². The molecule has 69 heavy (non-hydrogen) atoms. The molecule has 0 atom stereocenters. The Morgan fingerprint density at radius 1 is 0.507 bits per heavy atom. The van der Waals surface area contributed by atoms with E-state index in [0.29, 0.717) is 32.0 Å². The Kier molecular flexibility index (Phi) is 8.52. The Morgan fingerprint density at radius 3 is 1.90 bits per heavy atom. The number of ether oxygens (including phenoxy) is 1. The quantitative estimate of drug-likeness (QED) is 0.142. The van der Waals surface area contributed by atoms with Crippen molar-refractivity contribution >= 4 is 46.4 Å². The van der Waals surface area contributed by atoms with Gasteiger partial charge in [0.1, 0.15) is 0 Å². The maximum absolute atomic E-state index is 9.52. The first-order valence-electron chi connectivity index (χ1n) is 25.7. The van der Waals surface area contributed by atoms with Crippen molar-refractivity contribution in [3.8, 4) is 67.5 Å². The molecule has 0 saturated carbocycles. The van der Waals surface area contributed by atoms with Crippen molar-refractivity contribution in [3.63, 3.8) is 0 Å². The molecule has 0 N–H and O–H groups in total. The number of imidazole rings is 1. The van der Waals surface area contributed by atoms with E-state index < -0.39 is 6.85 Å². The summed E-state index contributed by atoms with van der Waals surface area (Å²) in [7, 11) is 0. The zero-order valence-electron chi connectivity index (χ0n) is 42.8. The number of pyridine rings is 1. The number of aromatic nitrogens is 3. The second kappa shape index (κ2) is 16.8. The summed E-state index contributed by atoms with van der Waals surface area (Å²) < 4.78 is 65.5. The van der Waals surface area contributed by atoms with Crippen LogP contribution in [0.15, 0.2) is 237 Å². The molecule has 0 amide bonds. The van der Waals surface area contributed by atoms with Crippen LogP contribution in [0, 0.1) is 10.7 Å². The second-order valence-electron chi connectivity index (χ2n) is 17.0. The van der Waals surface area contributed by atoms with Gasteiger partial charge in [0.25, 0.3) is 0 Å². The van der Waals surface area contributed by atoms with Crippen molar-refractivity contribution in [2.75, 3.05) is 9.62 Å². The van der Waals surface area contributed by atoms with Crippen LogP contribution in [0.25, 0.3) is 66.9 Å². The monoisotopic (exact) mass is 1070 g/mol. The van der Waals surface area contributed by atoms with Crippen molar-refractivity contribution in [2.24, 2.45) is 0 Å². The first-order valence-corrected chi connectivity index (χ1v) is 23.9. The third-order valence-corrected chi connectivity index (χ3v) is 14.1. The van der Waals surface area contributed by atoms with Gasteiger partial charge in [-0.05, 0) is 17.7 Å². The second-order valence-corrected chi connectivity index (χ2v) is 18.1. The molecular weight excluding hydrogens is 1020 g/mol. The molecule has 9 aromatic carbocycles. The Balaban J connectivity index is 0.969. The minimum atomic E-state index is -2.43. The van der Waals surface area contributed by atoms with E-state index in [9.17, 15) is 4.11 Å². The van der Waals surface area contributed by atoms with Gasteiger partial charge in [0.2, 0.25) is 0 Å². The topological polar surface area (TPSA) is 38.5 Å². The van der Waals surface area contributed by atoms with Gasteiger partial charge >= 0.3 is 339 Å². The first-order chi connectivity index (χ1) is 36.5. The van der Waals surface area contributed by atoms with Crippen molar-refractivity contribution in [3.05, 3.63) is 246 Å². The SMILES string of the molecule is [2H]c1c(Oc2cccc(N3B4c5ccccc5-c5ccccc5N4c4ccccc43)n2)cc(-n2[c](=[Pt])n(-c3c(-c4ccccc4)cc(C([2H])([2H])[2H])cc3-c3cccc(-c4ccccc4)c3)c3ccccc32)c([2H])c1[2H]. The Labute approximate surface area is 420 Å². The number of aryl methyl sites for hydroxylation is 1. The van der Waals surface area contributed by atoms with E-state index >= 15 is 0 Å². The van der Waals surface area contributed by atoms with E-state index in [1.165, 1.54) is 0 Å². The van der Waals surface area contributed by atoms with Crippen LogP contribution >= 0.6 is 0 Å². The van der Waals surface area contributed by atoms with Gasteiger partial charge in [-0.1, -0.05) is 54.6 Å². The van der Waals surface area contributed by atoms with Crippen LogP contribution in [0.5, 0.6) is 11.6 Å². The van der Waals surface area contributed by atoms with Gasteiger partial charge in [-0.15, -0.1) is 0 Å². The number of rotatable bonds is 8. The number of hydrogen-bond donors (Lipinski definition) is 0. The Morgan fingerprint density at radius 2 is 1.12 bits per heavy atom. The van der Waals surface area contributed by atoms with Gasteiger partial charge in [-0.2, -0.15) is 0 Å². The van der Waals surface area contributed by atoms with Crippen molar-refractivity contribution < 1.29 is 32.3 Å². The average molecular weight is 1070 g/mol. The number of hydrogen-bond acceptors (Lipinski definition) is 4. The molecule has 0 radical (unpaired) electrons. The van der Waals surface area contributed by atoms with Gasteiger partial charge in [0, 0.05) is 11.3 Å². The Hall–Kier alpha value is -8.25. The molecule has 0 bridgehead atoms. The maximum atomic E-state index is 9.52. The third-order valence-electron chi connectivity index (χ3n) is 13.0. The van der Waals surface area contributed by atoms with Crippen LogP contribution in [0.3, 0.4) is 0 Å². The minimum absolute atomic E-state index is 0.0573. The molecule has 2 aliphatic rings. The van der Waals surface area contributed by atoms with E-state index in [4.69, 9.17) is 13.8 Å². The fourth-order valence-electron chi connectivity index (χ4n) is 10.1. The summed E-state index contributed by atoms with van der Waals surface area (Å²) >= 11 is 2.26. The van der Waals surface area contributed by atoms with Gasteiger partial charge < -0.3 is 0 Å². The van der Waals surface area contributed by atoms with Gasteiger partial charge in [-0.25, -0.2) is 0 Å². The van der Waals surface area contributed by atoms with E-state index in [0.717, 1.165) is 67.1 Å². The van der Waals surface area contributed by atoms with E-state index in [1.807, 2.05) is 108 Å². The fraction of sp³-hybridized carbons (Fsp3) is 0.0164.